The topological polar surface area (TPSA) is 66.0 Å². The zero-order valence-corrected chi connectivity index (χ0v) is 27.0. The Morgan fingerprint density at radius 3 is 1.25 bits per heavy atom. The van der Waals surface area contributed by atoms with Gasteiger partial charge in [0.1, 0.15) is 11.5 Å². The maximum absolute atomic E-state index is 9.88. The fraction of sp³-hybridized carbons (Fsp3) is 0.400. The average molecular weight is 589 g/mol. The van der Waals surface area contributed by atoms with Crippen LogP contribution in [0.2, 0.25) is 0 Å². The van der Waals surface area contributed by atoms with Gasteiger partial charge in [0.05, 0.1) is 36.5 Å². The molecule has 0 aliphatic heterocycles. The predicted molar refractivity (Wildman–Crippen MR) is 184 cm³/mol. The van der Waals surface area contributed by atoms with E-state index in [-0.39, 0.29) is 0 Å². The molecular formula is C40H48N2O2. The van der Waals surface area contributed by atoms with Crippen molar-refractivity contribution >= 4 is 23.3 Å². The Morgan fingerprint density at radius 2 is 0.955 bits per heavy atom. The molecule has 0 aliphatic rings. The molecule has 2 atom stereocenters. The molecule has 3 aromatic carbocycles. The molecule has 0 bridgehead atoms. The largest absolute Gasteiger partial charge is 0.493 e. The van der Waals surface area contributed by atoms with Crippen molar-refractivity contribution < 1.29 is 9.47 Å². The van der Waals surface area contributed by atoms with Crippen LogP contribution in [-0.4, -0.2) is 13.2 Å². The Kier molecular flexibility index (Phi) is 14.8. The molecule has 2 unspecified atom stereocenters. The molecule has 0 radical (unpaired) electrons. The normalized spacial score (nSPS) is 13.0. The summed E-state index contributed by atoms with van der Waals surface area (Å²) in [5.41, 5.74) is 4.62. The van der Waals surface area contributed by atoms with Crippen molar-refractivity contribution in [1.29, 1.82) is 10.5 Å². The molecule has 3 rings (SSSR count). The molecule has 0 amide bonds. The molecule has 3 aromatic rings. The third-order valence-electron chi connectivity index (χ3n) is 8.19. The van der Waals surface area contributed by atoms with Crippen LogP contribution in [0.3, 0.4) is 0 Å². The zero-order valence-electron chi connectivity index (χ0n) is 27.0. The van der Waals surface area contributed by atoms with Gasteiger partial charge in [0.15, 0.2) is 0 Å². The first-order chi connectivity index (χ1) is 21.5. The van der Waals surface area contributed by atoms with Gasteiger partial charge >= 0.3 is 0 Å². The molecule has 230 valence electrons. The van der Waals surface area contributed by atoms with Gasteiger partial charge in [-0.3, -0.25) is 0 Å². The smallest absolute Gasteiger partial charge is 0.119 e. The second-order valence-corrected chi connectivity index (χ2v) is 11.5. The highest BCUT2D eigenvalue weighted by Gasteiger charge is 2.09. The van der Waals surface area contributed by atoms with Crippen LogP contribution in [0.25, 0.3) is 23.3 Å². The van der Waals surface area contributed by atoms with Crippen LogP contribution in [0.15, 0.2) is 72.8 Å². The zero-order chi connectivity index (χ0) is 31.6. The summed E-state index contributed by atoms with van der Waals surface area (Å²) in [6, 6.07) is 28.0. The van der Waals surface area contributed by atoms with E-state index < -0.39 is 0 Å². The lowest BCUT2D eigenvalue weighted by atomic mass is 9.98. The van der Waals surface area contributed by atoms with Crippen molar-refractivity contribution in [2.45, 2.75) is 79.1 Å². The van der Waals surface area contributed by atoms with E-state index in [1.54, 1.807) is 0 Å². The molecule has 0 saturated heterocycles. The van der Waals surface area contributed by atoms with Crippen LogP contribution in [-0.2, 0) is 0 Å². The Hall–Kier alpha value is -4.28. The lowest BCUT2D eigenvalue weighted by Crippen LogP contribution is -2.11. The molecule has 0 heterocycles. The summed E-state index contributed by atoms with van der Waals surface area (Å²) in [4.78, 5) is 0. The number of ether oxygens (including phenoxy) is 2. The summed E-state index contributed by atoms with van der Waals surface area (Å²) in [6.45, 7) is 10.4. The lowest BCUT2D eigenvalue weighted by Gasteiger charge is -2.15. The summed E-state index contributed by atoms with van der Waals surface area (Å²) >= 11 is 0. The molecule has 44 heavy (non-hydrogen) atoms. The van der Waals surface area contributed by atoms with Crippen molar-refractivity contribution in [2.75, 3.05) is 13.2 Å². The molecule has 0 fully saturated rings. The number of hydrogen-bond acceptors (Lipinski definition) is 4. The Morgan fingerprint density at radius 1 is 0.591 bits per heavy atom. The Labute approximate surface area is 265 Å². The van der Waals surface area contributed by atoms with E-state index in [1.165, 1.54) is 38.5 Å². The molecule has 0 aromatic heterocycles. The number of nitrogens with zero attached hydrogens (tertiary/aromatic N) is 2. The fourth-order valence-electron chi connectivity index (χ4n) is 5.07. The van der Waals surface area contributed by atoms with E-state index in [2.05, 4.69) is 39.8 Å². The van der Waals surface area contributed by atoms with Gasteiger partial charge in [-0.1, -0.05) is 115 Å². The summed E-state index contributed by atoms with van der Waals surface area (Å²) in [5.74, 6) is 2.87. The predicted octanol–water partition coefficient (Wildman–Crippen LogP) is 11.0. The molecule has 0 spiro atoms. The van der Waals surface area contributed by atoms with Gasteiger partial charge < -0.3 is 9.47 Å². The second kappa shape index (κ2) is 19.1. The number of benzene rings is 3. The van der Waals surface area contributed by atoms with Gasteiger partial charge in [0, 0.05) is 0 Å². The van der Waals surface area contributed by atoms with Crippen LogP contribution in [0.5, 0.6) is 11.5 Å². The SMILES string of the molecule is CCCCC(CC)COc1ccc(/C=C(\C#N)c2ccc(/C(C#N)=C\c3ccc(OCC(CC)CCCC)cc3)cc2)cc1. The highest BCUT2D eigenvalue weighted by Crippen LogP contribution is 2.25. The fourth-order valence-corrected chi connectivity index (χ4v) is 5.07. The third kappa shape index (κ3) is 11.1. The number of unbranched alkanes of at least 4 members (excludes halogenated alkanes) is 2. The average Bonchev–Trinajstić information content (AvgIpc) is 3.07. The van der Waals surface area contributed by atoms with Crippen LogP contribution in [0.1, 0.15) is 101 Å². The van der Waals surface area contributed by atoms with Crippen molar-refractivity contribution in [1.82, 2.24) is 0 Å². The third-order valence-corrected chi connectivity index (χ3v) is 8.19. The number of hydrogen-bond donors (Lipinski definition) is 0. The first-order valence-electron chi connectivity index (χ1n) is 16.3. The van der Waals surface area contributed by atoms with Crippen molar-refractivity contribution in [2.24, 2.45) is 11.8 Å². The van der Waals surface area contributed by atoms with Crippen LogP contribution in [0.4, 0.5) is 0 Å². The van der Waals surface area contributed by atoms with E-state index in [0.717, 1.165) is 59.8 Å². The maximum Gasteiger partial charge on any atom is 0.119 e. The minimum absolute atomic E-state index is 0.564. The van der Waals surface area contributed by atoms with Crippen molar-refractivity contribution in [3.05, 3.63) is 95.1 Å². The summed E-state index contributed by atoms with van der Waals surface area (Å²) in [7, 11) is 0. The van der Waals surface area contributed by atoms with Crippen molar-refractivity contribution in [3.8, 4) is 23.6 Å². The number of nitriles is 2. The molecular weight excluding hydrogens is 540 g/mol. The summed E-state index contributed by atoms with van der Waals surface area (Å²) in [6.07, 6.45) is 13.3. The van der Waals surface area contributed by atoms with E-state index >= 15 is 0 Å². The molecule has 4 heteroatoms. The van der Waals surface area contributed by atoms with Crippen LogP contribution in [0, 0.1) is 34.5 Å². The van der Waals surface area contributed by atoms with Crippen LogP contribution >= 0.6 is 0 Å². The highest BCUT2D eigenvalue weighted by atomic mass is 16.5. The molecule has 0 N–H and O–H groups in total. The van der Waals surface area contributed by atoms with E-state index in [0.29, 0.717) is 23.0 Å². The van der Waals surface area contributed by atoms with E-state index in [4.69, 9.17) is 9.47 Å². The number of allylic oxidation sites excluding steroid dienone is 2. The standard InChI is InChI=1S/C40H48N2O2/c1-5-9-11-31(7-3)29-43-39-21-13-33(14-22-39)25-37(27-41)35-17-19-36(20-18-35)38(28-42)26-34-15-23-40(24-16-34)44-30-32(8-4)12-10-6-2/h13-26,31-32H,5-12,29-30H2,1-4H3/b37-25-,38-26+. The molecule has 0 saturated carbocycles. The highest BCUT2D eigenvalue weighted by molar-refractivity contribution is 5.92. The quantitative estimate of drug-likeness (QED) is 0.109. The lowest BCUT2D eigenvalue weighted by molar-refractivity contribution is 0.233. The first-order valence-corrected chi connectivity index (χ1v) is 16.3. The monoisotopic (exact) mass is 588 g/mol. The van der Waals surface area contributed by atoms with Gasteiger partial charge in [-0.25, -0.2) is 0 Å². The molecule has 4 nitrogen and oxygen atoms in total. The minimum Gasteiger partial charge on any atom is -0.493 e. The number of rotatable bonds is 18. The maximum atomic E-state index is 9.88. The first kappa shape index (κ1) is 34.2. The Bertz CT molecular complexity index is 1290. The van der Waals surface area contributed by atoms with Gasteiger partial charge in [0.2, 0.25) is 0 Å². The van der Waals surface area contributed by atoms with Gasteiger partial charge in [-0.05, 0) is 83.3 Å². The van der Waals surface area contributed by atoms with Gasteiger partial charge in [-0.15, -0.1) is 0 Å². The molecule has 0 aliphatic carbocycles. The Balaban J connectivity index is 1.64. The van der Waals surface area contributed by atoms with Gasteiger partial charge in [-0.2, -0.15) is 10.5 Å². The minimum atomic E-state index is 0.564. The van der Waals surface area contributed by atoms with Crippen LogP contribution < -0.4 is 9.47 Å². The van der Waals surface area contributed by atoms with Crippen molar-refractivity contribution in [3.63, 3.8) is 0 Å². The summed E-state index contributed by atoms with van der Waals surface area (Å²) in [5, 5.41) is 19.8. The second-order valence-electron chi connectivity index (χ2n) is 11.5. The summed E-state index contributed by atoms with van der Waals surface area (Å²) < 4.78 is 12.1. The van der Waals surface area contributed by atoms with Gasteiger partial charge in [0.25, 0.3) is 0 Å². The van der Waals surface area contributed by atoms with E-state index in [9.17, 15) is 10.5 Å². The van der Waals surface area contributed by atoms with E-state index in [1.807, 2.05) is 84.9 Å².